The zero-order valence-corrected chi connectivity index (χ0v) is 9.90. The molecule has 1 aliphatic carbocycles. The van der Waals surface area contributed by atoms with Crippen molar-refractivity contribution in [1.29, 1.82) is 0 Å². The van der Waals surface area contributed by atoms with Crippen LogP contribution in [0.15, 0.2) is 0 Å². The minimum Gasteiger partial charge on any atom is -0.310 e. The van der Waals surface area contributed by atoms with E-state index in [9.17, 15) is 0 Å². The molecule has 1 saturated carbocycles. The highest BCUT2D eigenvalue weighted by molar-refractivity contribution is 5.02. The molecule has 2 nitrogen and oxygen atoms in total. The Labute approximate surface area is 88.1 Å². The van der Waals surface area contributed by atoms with Crippen LogP contribution in [0, 0.1) is 5.41 Å². The summed E-state index contributed by atoms with van der Waals surface area (Å²) in [5.41, 5.74) is 0.962. The van der Waals surface area contributed by atoms with Crippen molar-refractivity contribution >= 4 is 0 Å². The van der Waals surface area contributed by atoms with E-state index in [-0.39, 0.29) is 0 Å². The van der Waals surface area contributed by atoms with Gasteiger partial charge in [-0.3, -0.25) is 0 Å². The lowest BCUT2D eigenvalue weighted by Gasteiger charge is -2.29. The first-order valence-electron chi connectivity index (χ1n) is 6.03. The molecule has 2 heteroatoms. The Morgan fingerprint density at radius 3 is 2.50 bits per heavy atom. The van der Waals surface area contributed by atoms with Gasteiger partial charge in [0, 0.05) is 25.2 Å². The second-order valence-electron chi connectivity index (χ2n) is 5.95. The van der Waals surface area contributed by atoms with E-state index in [2.05, 4.69) is 31.0 Å². The van der Waals surface area contributed by atoms with Crippen LogP contribution in [0.4, 0.5) is 0 Å². The van der Waals surface area contributed by atoms with E-state index in [4.69, 9.17) is 0 Å². The topological polar surface area (TPSA) is 15.3 Å². The van der Waals surface area contributed by atoms with E-state index in [1.165, 1.54) is 45.4 Å². The number of rotatable bonds is 2. The fraction of sp³-hybridized carbons (Fsp3) is 1.00. The van der Waals surface area contributed by atoms with Crippen molar-refractivity contribution in [1.82, 2.24) is 10.2 Å². The lowest BCUT2D eigenvalue weighted by Crippen LogP contribution is -2.46. The van der Waals surface area contributed by atoms with Crippen molar-refractivity contribution in [2.75, 3.05) is 26.2 Å². The van der Waals surface area contributed by atoms with E-state index in [1.54, 1.807) is 0 Å². The summed E-state index contributed by atoms with van der Waals surface area (Å²) in [7, 11) is 0. The van der Waals surface area contributed by atoms with Gasteiger partial charge in [-0.2, -0.15) is 0 Å². The van der Waals surface area contributed by atoms with Gasteiger partial charge in [0.15, 0.2) is 0 Å². The van der Waals surface area contributed by atoms with Gasteiger partial charge in [-0.15, -0.1) is 0 Å². The summed E-state index contributed by atoms with van der Waals surface area (Å²) in [4.78, 5) is 2.66. The third kappa shape index (κ3) is 2.29. The zero-order chi connectivity index (χ0) is 10.2. The summed E-state index contributed by atoms with van der Waals surface area (Å²) in [6, 6.07) is 0. The van der Waals surface area contributed by atoms with Gasteiger partial charge in [-0.25, -0.2) is 0 Å². The molecule has 1 saturated heterocycles. The summed E-state index contributed by atoms with van der Waals surface area (Å²) in [5, 5.41) is 3.72. The highest BCUT2D eigenvalue weighted by atomic mass is 15.2. The Bertz CT molecular complexity index is 198. The summed E-state index contributed by atoms with van der Waals surface area (Å²) in [6.45, 7) is 12.0. The molecule has 0 aromatic heterocycles. The monoisotopic (exact) mass is 196 g/mol. The average molecular weight is 196 g/mol. The molecule has 1 spiro atoms. The van der Waals surface area contributed by atoms with Gasteiger partial charge in [-0.05, 0) is 45.1 Å². The number of nitrogens with one attached hydrogen (secondary N) is 1. The zero-order valence-electron chi connectivity index (χ0n) is 9.90. The molecular weight excluding hydrogens is 172 g/mol. The third-order valence-electron chi connectivity index (χ3n) is 3.62. The molecule has 2 rings (SSSR count). The van der Waals surface area contributed by atoms with Gasteiger partial charge >= 0.3 is 0 Å². The van der Waals surface area contributed by atoms with Gasteiger partial charge in [0.1, 0.15) is 0 Å². The summed E-state index contributed by atoms with van der Waals surface area (Å²) >= 11 is 0. The Morgan fingerprint density at radius 1 is 1.21 bits per heavy atom. The van der Waals surface area contributed by atoms with Gasteiger partial charge < -0.3 is 10.2 Å². The second-order valence-corrected chi connectivity index (χ2v) is 5.95. The molecular formula is C12H24N2. The van der Waals surface area contributed by atoms with Crippen LogP contribution in [0.1, 0.15) is 40.0 Å². The van der Waals surface area contributed by atoms with Gasteiger partial charge in [0.05, 0.1) is 0 Å². The van der Waals surface area contributed by atoms with Crippen LogP contribution in [0.3, 0.4) is 0 Å². The molecule has 0 unspecified atom stereocenters. The van der Waals surface area contributed by atoms with Gasteiger partial charge in [0.25, 0.3) is 0 Å². The molecule has 0 atom stereocenters. The SMILES string of the molecule is CCCN1CC2(CC2)CNC(C)(C)C1. The van der Waals surface area contributed by atoms with Crippen molar-refractivity contribution in [3.8, 4) is 0 Å². The Hall–Kier alpha value is -0.0800. The summed E-state index contributed by atoms with van der Waals surface area (Å²) in [5.74, 6) is 0. The van der Waals surface area contributed by atoms with E-state index in [1.807, 2.05) is 0 Å². The largest absolute Gasteiger partial charge is 0.310 e. The van der Waals surface area contributed by atoms with Crippen LogP contribution in [0.25, 0.3) is 0 Å². The van der Waals surface area contributed by atoms with Crippen molar-refractivity contribution in [2.45, 2.75) is 45.6 Å². The predicted octanol–water partition coefficient (Wildman–Crippen LogP) is 1.86. The van der Waals surface area contributed by atoms with Crippen LogP contribution in [-0.4, -0.2) is 36.6 Å². The lowest BCUT2D eigenvalue weighted by atomic mass is 10.1. The lowest BCUT2D eigenvalue weighted by molar-refractivity contribution is 0.214. The molecule has 1 N–H and O–H groups in total. The van der Waals surface area contributed by atoms with E-state index >= 15 is 0 Å². The summed E-state index contributed by atoms with van der Waals surface area (Å²) < 4.78 is 0. The highest BCUT2D eigenvalue weighted by Gasteiger charge is 2.46. The molecule has 0 radical (unpaired) electrons. The number of nitrogens with zero attached hydrogens (tertiary/aromatic N) is 1. The first kappa shape index (κ1) is 10.4. The maximum Gasteiger partial charge on any atom is 0.0252 e. The molecule has 1 heterocycles. The van der Waals surface area contributed by atoms with E-state index in [0.29, 0.717) is 11.0 Å². The minimum atomic E-state index is 0.307. The molecule has 0 bridgehead atoms. The van der Waals surface area contributed by atoms with Crippen LogP contribution in [0.2, 0.25) is 0 Å². The normalized spacial score (nSPS) is 30.2. The van der Waals surface area contributed by atoms with Crippen LogP contribution < -0.4 is 5.32 Å². The molecule has 14 heavy (non-hydrogen) atoms. The maximum atomic E-state index is 3.72. The van der Waals surface area contributed by atoms with Crippen molar-refractivity contribution in [3.05, 3.63) is 0 Å². The Kier molecular flexibility index (Phi) is 2.61. The molecule has 1 aliphatic heterocycles. The quantitative estimate of drug-likeness (QED) is 0.725. The molecule has 2 fully saturated rings. The van der Waals surface area contributed by atoms with Crippen LogP contribution >= 0.6 is 0 Å². The molecule has 2 aliphatic rings. The number of hydrogen-bond acceptors (Lipinski definition) is 2. The summed E-state index contributed by atoms with van der Waals surface area (Å²) in [6.07, 6.45) is 4.17. The highest BCUT2D eigenvalue weighted by Crippen LogP contribution is 2.47. The van der Waals surface area contributed by atoms with E-state index in [0.717, 1.165) is 0 Å². The fourth-order valence-corrected chi connectivity index (χ4v) is 2.61. The van der Waals surface area contributed by atoms with Crippen LogP contribution in [-0.2, 0) is 0 Å². The smallest absolute Gasteiger partial charge is 0.0252 e. The van der Waals surface area contributed by atoms with Crippen molar-refractivity contribution < 1.29 is 0 Å². The number of hydrogen-bond donors (Lipinski definition) is 1. The molecule has 0 amide bonds. The van der Waals surface area contributed by atoms with Crippen molar-refractivity contribution in [3.63, 3.8) is 0 Å². The predicted molar refractivity (Wildman–Crippen MR) is 60.5 cm³/mol. The minimum absolute atomic E-state index is 0.307. The van der Waals surface area contributed by atoms with Gasteiger partial charge in [0.2, 0.25) is 0 Å². The molecule has 0 aromatic carbocycles. The Balaban J connectivity index is 2.01. The average Bonchev–Trinajstić information content (AvgIpc) is 2.83. The standard InChI is InChI=1S/C12H24N2/c1-4-7-14-9-11(2,3)13-8-12(10-14)5-6-12/h13H,4-10H2,1-3H3. The second kappa shape index (κ2) is 3.49. The Morgan fingerprint density at radius 2 is 1.93 bits per heavy atom. The first-order valence-corrected chi connectivity index (χ1v) is 6.03. The molecule has 0 aromatic rings. The first-order chi connectivity index (χ1) is 6.55. The van der Waals surface area contributed by atoms with E-state index < -0.39 is 0 Å². The van der Waals surface area contributed by atoms with Crippen molar-refractivity contribution in [2.24, 2.45) is 5.41 Å². The fourth-order valence-electron chi connectivity index (χ4n) is 2.61. The van der Waals surface area contributed by atoms with Crippen LogP contribution in [0.5, 0.6) is 0 Å². The maximum absolute atomic E-state index is 3.72. The molecule has 82 valence electrons. The third-order valence-corrected chi connectivity index (χ3v) is 3.62. The van der Waals surface area contributed by atoms with Gasteiger partial charge in [-0.1, -0.05) is 6.92 Å².